The minimum absolute atomic E-state index is 0.122. The van der Waals surface area contributed by atoms with Crippen LogP contribution in [-0.4, -0.2) is 11.8 Å². The zero-order chi connectivity index (χ0) is 7.98. The van der Waals surface area contributed by atoms with Crippen LogP contribution in [0.3, 0.4) is 0 Å². The fraction of sp³-hybridized carbons (Fsp3) is 0.857. The SMILES string of the molecule is CCCCC(N=O)C(C)=O. The van der Waals surface area contributed by atoms with Crippen molar-refractivity contribution in [1.82, 2.24) is 0 Å². The zero-order valence-corrected chi connectivity index (χ0v) is 6.46. The number of nitroso groups, excluding NO2 is 1. The summed E-state index contributed by atoms with van der Waals surface area (Å²) in [7, 11) is 0. The third-order valence-electron chi connectivity index (χ3n) is 1.43. The first-order valence-corrected chi connectivity index (χ1v) is 3.55. The van der Waals surface area contributed by atoms with E-state index in [9.17, 15) is 9.70 Å². The van der Waals surface area contributed by atoms with Gasteiger partial charge in [-0.1, -0.05) is 24.9 Å². The second-order valence-corrected chi connectivity index (χ2v) is 2.37. The maximum absolute atomic E-state index is 10.6. The van der Waals surface area contributed by atoms with Gasteiger partial charge in [-0.3, -0.25) is 4.79 Å². The Labute approximate surface area is 60.8 Å². The lowest BCUT2D eigenvalue weighted by Crippen LogP contribution is -2.13. The maximum atomic E-state index is 10.6. The van der Waals surface area contributed by atoms with Crippen molar-refractivity contribution in [2.24, 2.45) is 5.18 Å². The summed E-state index contributed by atoms with van der Waals surface area (Å²) in [6, 6.07) is -0.597. The monoisotopic (exact) mass is 143 g/mol. The molecule has 0 N–H and O–H groups in total. The minimum Gasteiger partial charge on any atom is -0.297 e. The molecule has 1 atom stereocenters. The summed E-state index contributed by atoms with van der Waals surface area (Å²) in [5.74, 6) is -0.122. The van der Waals surface area contributed by atoms with Crippen LogP contribution >= 0.6 is 0 Å². The molecule has 0 saturated heterocycles. The summed E-state index contributed by atoms with van der Waals surface area (Å²) in [6.07, 6.45) is 2.50. The van der Waals surface area contributed by atoms with Crippen LogP contribution in [0.4, 0.5) is 0 Å². The van der Waals surface area contributed by atoms with Crippen LogP contribution in [0.1, 0.15) is 33.1 Å². The average Bonchev–Trinajstić information content (AvgIpc) is 1.89. The van der Waals surface area contributed by atoms with Crippen LogP contribution in [0.5, 0.6) is 0 Å². The molecule has 0 fully saturated rings. The Bertz CT molecular complexity index is 123. The predicted octanol–water partition coefficient (Wildman–Crippen LogP) is 1.90. The minimum atomic E-state index is -0.597. The Morgan fingerprint density at radius 2 is 2.20 bits per heavy atom. The lowest BCUT2D eigenvalue weighted by atomic mass is 10.1. The number of carbonyl (C=O) groups excluding carboxylic acids is 1. The zero-order valence-electron chi connectivity index (χ0n) is 6.46. The molecule has 0 radical (unpaired) electrons. The summed E-state index contributed by atoms with van der Waals surface area (Å²) in [6.45, 7) is 3.42. The van der Waals surface area contributed by atoms with Crippen LogP contribution in [0.15, 0.2) is 5.18 Å². The van der Waals surface area contributed by atoms with E-state index in [1.165, 1.54) is 6.92 Å². The largest absolute Gasteiger partial charge is 0.297 e. The second kappa shape index (κ2) is 5.09. The van der Waals surface area contributed by atoms with E-state index >= 15 is 0 Å². The maximum Gasteiger partial charge on any atom is 0.157 e. The molecule has 3 heteroatoms. The van der Waals surface area contributed by atoms with Crippen molar-refractivity contribution in [1.29, 1.82) is 0 Å². The van der Waals surface area contributed by atoms with E-state index in [2.05, 4.69) is 5.18 Å². The van der Waals surface area contributed by atoms with E-state index in [1.807, 2.05) is 6.92 Å². The molecule has 0 aromatic carbocycles. The van der Waals surface area contributed by atoms with Gasteiger partial charge in [0.1, 0.15) is 6.04 Å². The molecule has 0 saturated carbocycles. The molecule has 0 heterocycles. The average molecular weight is 143 g/mol. The molecule has 0 spiro atoms. The van der Waals surface area contributed by atoms with Gasteiger partial charge in [0.05, 0.1) is 0 Å². The van der Waals surface area contributed by atoms with Crippen molar-refractivity contribution < 1.29 is 4.79 Å². The van der Waals surface area contributed by atoms with Gasteiger partial charge < -0.3 is 0 Å². The molecular weight excluding hydrogens is 130 g/mol. The summed E-state index contributed by atoms with van der Waals surface area (Å²) < 4.78 is 0. The van der Waals surface area contributed by atoms with E-state index in [0.29, 0.717) is 6.42 Å². The number of rotatable bonds is 5. The van der Waals surface area contributed by atoms with Gasteiger partial charge in [0.25, 0.3) is 0 Å². The molecule has 10 heavy (non-hydrogen) atoms. The highest BCUT2D eigenvalue weighted by molar-refractivity contribution is 5.81. The molecule has 0 amide bonds. The molecular formula is C7H13NO2. The van der Waals surface area contributed by atoms with Crippen LogP contribution in [-0.2, 0) is 4.79 Å². The first kappa shape index (κ1) is 9.27. The van der Waals surface area contributed by atoms with Gasteiger partial charge in [-0.2, -0.15) is 4.91 Å². The Morgan fingerprint density at radius 3 is 2.50 bits per heavy atom. The van der Waals surface area contributed by atoms with Gasteiger partial charge in [0.2, 0.25) is 0 Å². The van der Waals surface area contributed by atoms with Gasteiger partial charge in [-0.05, 0) is 13.3 Å². The Hall–Kier alpha value is -0.730. The smallest absolute Gasteiger partial charge is 0.157 e. The summed E-state index contributed by atoms with van der Waals surface area (Å²) in [5.41, 5.74) is 0. The molecule has 0 bridgehead atoms. The molecule has 0 aromatic rings. The Balaban J connectivity index is 3.60. The highest BCUT2D eigenvalue weighted by Crippen LogP contribution is 2.04. The second-order valence-electron chi connectivity index (χ2n) is 2.37. The highest BCUT2D eigenvalue weighted by atomic mass is 16.3. The quantitative estimate of drug-likeness (QED) is 0.552. The number of ketones is 1. The topological polar surface area (TPSA) is 46.5 Å². The van der Waals surface area contributed by atoms with Gasteiger partial charge in [0.15, 0.2) is 5.78 Å². The van der Waals surface area contributed by atoms with Crippen LogP contribution < -0.4 is 0 Å². The fourth-order valence-corrected chi connectivity index (χ4v) is 0.728. The number of Topliss-reactive ketones (excluding diaryl/α,β-unsaturated/α-hetero) is 1. The van der Waals surface area contributed by atoms with Crippen molar-refractivity contribution >= 4 is 5.78 Å². The lowest BCUT2D eigenvalue weighted by Gasteiger charge is -2.01. The Morgan fingerprint density at radius 1 is 1.60 bits per heavy atom. The van der Waals surface area contributed by atoms with Gasteiger partial charge in [-0.25, -0.2) is 0 Å². The van der Waals surface area contributed by atoms with Crippen molar-refractivity contribution in [3.63, 3.8) is 0 Å². The first-order valence-electron chi connectivity index (χ1n) is 3.55. The van der Waals surface area contributed by atoms with Crippen molar-refractivity contribution in [3.8, 4) is 0 Å². The van der Waals surface area contributed by atoms with Gasteiger partial charge >= 0.3 is 0 Å². The van der Waals surface area contributed by atoms with Crippen LogP contribution in [0, 0.1) is 4.91 Å². The highest BCUT2D eigenvalue weighted by Gasteiger charge is 2.12. The molecule has 0 aliphatic rings. The van der Waals surface area contributed by atoms with E-state index in [4.69, 9.17) is 0 Å². The lowest BCUT2D eigenvalue weighted by molar-refractivity contribution is -0.118. The standard InChI is InChI=1S/C7H13NO2/c1-3-4-5-7(8-10)6(2)9/h7H,3-5H2,1-2H3. The molecule has 0 aliphatic heterocycles. The van der Waals surface area contributed by atoms with E-state index in [0.717, 1.165) is 12.8 Å². The normalized spacial score (nSPS) is 12.6. The molecule has 0 rings (SSSR count). The van der Waals surface area contributed by atoms with Gasteiger partial charge in [-0.15, -0.1) is 0 Å². The molecule has 1 unspecified atom stereocenters. The number of hydrogen-bond acceptors (Lipinski definition) is 3. The third-order valence-corrected chi connectivity index (χ3v) is 1.43. The number of nitrogens with zero attached hydrogens (tertiary/aromatic N) is 1. The van der Waals surface area contributed by atoms with Crippen LogP contribution in [0.25, 0.3) is 0 Å². The number of hydrogen-bond donors (Lipinski definition) is 0. The summed E-state index contributed by atoms with van der Waals surface area (Å²) in [5, 5.41) is 2.73. The number of carbonyl (C=O) groups is 1. The van der Waals surface area contributed by atoms with E-state index in [1.54, 1.807) is 0 Å². The summed E-state index contributed by atoms with van der Waals surface area (Å²) >= 11 is 0. The predicted molar refractivity (Wildman–Crippen MR) is 39.8 cm³/mol. The van der Waals surface area contributed by atoms with E-state index in [-0.39, 0.29) is 5.78 Å². The first-order chi connectivity index (χ1) is 4.72. The van der Waals surface area contributed by atoms with Crippen molar-refractivity contribution in [3.05, 3.63) is 4.91 Å². The third kappa shape index (κ3) is 3.33. The Kier molecular flexibility index (Phi) is 4.72. The fourth-order valence-electron chi connectivity index (χ4n) is 0.728. The van der Waals surface area contributed by atoms with E-state index < -0.39 is 6.04 Å². The molecule has 3 nitrogen and oxygen atoms in total. The van der Waals surface area contributed by atoms with Crippen LogP contribution in [0.2, 0.25) is 0 Å². The molecule has 0 aromatic heterocycles. The van der Waals surface area contributed by atoms with Crippen molar-refractivity contribution in [2.75, 3.05) is 0 Å². The molecule has 58 valence electrons. The van der Waals surface area contributed by atoms with Crippen molar-refractivity contribution in [2.45, 2.75) is 39.2 Å². The molecule has 0 aliphatic carbocycles. The number of unbranched alkanes of at least 4 members (excludes halogenated alkanes) is 1. The van der Waals surface area contributed by atoms with Gasteiger partial charge in [0, 0.05) is 0 Å². The summed E-state index contributed by atoms with van der Waals surface area (Å²) in [4.78, 5) is 20.6.